The molecule has 0 amide bonds. The fourth-order valence-corrected chi connectivity index (χ4v) is 3.42. The van der Waals surface area contributed by atoms with Crippen molar-refractivity contribution in [2.45, 2.75) is 26.7 Å². The zero-order valence-electron chi connectivity index (χ0n) is 13.8. The number of hydrogen-bond acceptors (Lipinski definition) is 6. The van der Waals surface area contributed by atoms with E-state index >= 15 is 0 Å². The van der Waals surface area contributed by atoms with Gasteiger partial charge in [-0.05, 0) is 37.8 Å². The summed E-state index contributed by atoms with van der Waals surface area (Å²) in [5.41, 5.74) is 8.01. The van der Waals surface area contributed by atoms with Gasteiger partial charge in [0.15, 0.2) is 0 Å². The molecule has 128 valence electrons. The summed E-state index contributed by atoms with van der Waals surface area (Å²) >= 11 is 1.08. The quantitative estimate of drug-likeness (QED) is 0.776. The topological polar surface area (TPSA) is 78.6 Å². The first-order valence-corrected chi connectivity index (χ1v) is 8.69. The molecule has 2 aromatic rings. The van der Waals surface area contributed by atoms with Crippen LogP contribution in [0.4, 0.5) is 5.00 Å². The summed E-state index contributed by atoms with van der Waals surface area (Å²) in [4.78, 5) is 24.8. The Morgan fingerprint density at radius 3 is 2.25 bits per heavy atom. The minimum absolute atomic E-state index is 0.251. The van der Waals surface area contributed by atoms with E-state index in [0.29, 0.717) is 33.8 Å². The second-order valence-corrected chi connectivity index (χ2v) is 6.13. The molecule has 0 radical (unpaired) electrons. The van der Waals surface area contributed by atoms with E-state index in [9.17, 15) is 9.59 Å². The van der Waals surface area contributed by atoms with Gasteiger partial charge in [0, 0.05) is 0 Å². The van der Waals surface area contributed by atoms with Gasteiger partial charge in [-0.3, -0.25) is 0 Å². The maximum absolute atomic E-state index is 12.2. The summed E-state index contributed by atoms with van der Waals surface area (Å²) in [5.74, 6) is -0.947. The van der Waals surface area contributed by atoms with E-state index in [1.54, 1.807) is 13.8 Å². The smallest absolute Gasteiger partial charge is 0.348 e. The summed E-state index contributed by atoms with van der Waals surface area (Å²) < 4.78 is 10.2. The lowest BCUT2D eigenvalue weighted by Gasteiger charge is -2.08. The molecule has 0 bridgehead atoms. The van der Waals surface area contributed by atoms with Crippen molar-refractivity contribution in [3.8, 4) is 0 Å². The molecule has 0 fully saturated rings. The summed E-state index contributed by atoms with van der Waals surface area (Å²) in [6, 6.07) is 9.86. The van der Waals surface area contributed by atoms with E-state index in [1.807, 2.05) is 30.3 Å². The van der Waals surface area contributed by atoms with Crippen LogP contribution in [0, 0.1) is 0 Å². The molecule has 0 aliphatic rings. The Labute approximate surface area is 145 Å². The number of ether oxygens (including phenoxy) is 2. The number of nitrogens with two attached hydrogens (primary N) is 1. The first-order valence-electron chi connectivity index (χ1n) is 7.87. The van der Waals surface area contributed by atoms with Crippen molar-refractivity contribution in [3.63, 3.8) is 0 Å². The molecule has 0 saturated carbocycles. The van der Waals surface area contributed by atoms with Gasteiger partial charge in [0.1, 0.15) is 9.88 Å². The van der Waals surface area contributed by atoms with Crippen molar-refractivity contribution < 1.29 is 19.1 Å². The average molecular weight is 347 g/mol. The fraction of sp³-hybridized carbons (Fsp3) is 0.333. The Hall–Kier alpha value is -2.34. The van der Waals surface area contributed by atoms with Crippen molar-refractivity contribution in [2.24, 2.45) is 0 Å². The van der Waals surface area contributed by atoms with Gasteiger partial charge in [0.25, 0.3) is 0 Å². The highest BCUT2D eigenvalue weighted by Crippen LogP contribution is 2.33. The third kappa shape index (κ3) is 4.14. The number of nitrogen functional groups attached to an aromatic ring is 1. The Morgan fingerprint density at radius 1 is 1.00 bits per heavy atom. The van der Waals surface area contributed by atoms with Crippen LogP contribution >= 0.6 is 11.3 Å². The summed E-state index contributed by atoms with van der Waals surface area (Å²) in [6.07, 6.45) is 1.20. The van der Waals surface area contributed by atoms with E-state index in [0.717, 1.165) is 16.9 Å². The molecular weight excluding hydrogens is 326 g/mol. The lowest BCUT2D eigenvalue weighted by Crippen LogP contribution is -2.12. The molecular formula is C18H21NO4S. The molecule has 2 rings (SSSR count). The first-order chi connectivity index (χ1) is 11.6. The zero-order chi connectivity index (χ0) is 17.5. The van der Waals surface area contributed by atoms with Crippen molar-refractivity contribution in [1.29, 1.82) is 0 Å². The summed E-state index contributed by atoms with van der Waals surface area (Å²) in [5, 5.41) is 0.291. The second kappa shape index (κ2) is 8.49. The molecule has 24 heavy (non-hydrogen) atoms. The number of aryl methyl sites for hydroxylation is 1. The van der Waals surface area contributed by atoms with Gasteiger partial charge in [0.05, 0.1) is 18.8 Å². The van der Waals surface area contributed by atoms with Crippen LogP contribution in [-0.4, -0.2) is 25.2 Å². The van der Waals surface area contributed by atoms with E-state index < -0.39 is 11.9 Å². The van der Waals surface area contributed by atoms with Gasteiger partial charge >= 0.3 is 11.9 Å². The second-order valence-electron chi connectivity index (χ2n) is 5.08. The predicted molar refractivity (Wildman–Crippen MR) is 94.5 cm³/mol. The lowest BCUT2D eigenvalue weighted by molar-refractivity contribution is 0.0527. The molecule has 5 nitrogen and oxygen atoms in total. The molecule has 1 aromatic carbocycles. The number of anilines is 1. The highest BCUT2D eigenvalue weighted by atomic mass is 32.1. The number of thiophene rings is 1. The van der Waals surface area contributed by atoms with Gasteiger partial charge in [-0.2, -0.15) is 0 Å². The van der Waals surface area contributed by atoms with Crippen molar-refractivity contribution in [3.05, 3.63) is 51.9 Å². The minimum atomic E-state index is -0.495. The lowest BCUT2D eigenvalue weighted by atomic mass is 10.0. The number of rotatable bonds is 7. The Morgan fingerprint density at radius 2 is 1.62 bits per heavy atom. The van der Waals surface area contributed by atoms with Crippen LogP contribution in [0.3, 0.4) is 0 Å². The largest absolute Gasteiger partial charge is 0.462 e. The van der Waals surface area contributed by atoms with Crippen LogP contribution in [0.2, 0.25) is 0 Å². The van der Waals surface area contributed by atoms with Crippen LogP contribution in [0.5, 0.6) is 0 Å². The number of esters is 2. The normalized spacial score (nSPS) is 10.4. The molecule has 0 unspecified atom stereocenters. The Balaban J connectivity index is 2.36. The van der Waals surface area contributed by atoms with E-state index in [-0.39, 0.29) is 13.2 Å². The molecule has 0 spiro atoms. The maximum Gasteiger partial charge on any atom is 0.348 e. The highest BCUT2D eigenvalue weighted by molar-refractivity contribution is 7.18. The van der Waals surface area contributed by atoms with Gasteiger partial charge in [-0.15, -0.1) is 11.3 Å². The third-order valence-electron chi connectivity index (χ3n) is 3.48. The van der Waals surface area contributed by atoms with Gasteiger partial charge in [-0.25, -0.2) is 9.59 Å². The third-order valence-corrected chi connectivity index (χ3v) is 4.52. The molecule has 0 atom stereocenters. The molecule has 6 heteroatoms. The predicted octanol–water partition coefficient (Wildman–Crippen LogP) is 3.47. The zero-order valence-corrected chi connectivity index (χ0v) is 14.7. The van der Waals surface area contributed by atoms with Crippen LogP contribution < -0.4 is 5.73 Å². The molecule has 0 saturated heterocycles. The van der Waals surface area contributed by atoms with E-state index in [1.165, 1.54) is 0 Å². The molecule has 2 N–H and O–H groups in total. The summed E-state index contributed by atoms with van der Waals surface area (Å²) in [7, 11) is 0. The average Bonchev–Trinajstić information content (AvgIpc) is 2.91. The molecule has 1 heterocycles. The van der Waals surface area contributed by atoms with Crippen molar-refractivity contribution in [2.75, 3.05) is 18.9 Å². The van der Waals surface area contributed by atoms with Crippen LogP contribution in [0.25, 0.3) is 0 Å². The number of carbonyl (C=O) groups excluding carboxylic acids is 2. The summed E-state index contributed by atoms with van der Waals surface area (Å²) in [6.45, 7) is 3.99. The van der Waals surface area contributed by atoms with Crippen molar-refractivity contribution >= 4 is 28.3 Å². The van der Waals surface area contributed by atoms with E-state index in [4.69, 9.17) is 15.2 Å². The minimum Gasteiger partial charge on any atom is -0.462 e. The SMILES string of the molecule is CCOC(=O)c1sc(N)c(C(=O)OCC)c1CCc1ccccc1. The van der Waals surface area contributed by atoms with E-state index in [2.05, 4.69) is 0 Å². The first kappa shape index (κ1) is 18.0. The van der Waals surface area contributed by atoms with Gasteiger partial charge in [-0.1, -0.05) is 30.3 Å². The maximum atomic E-state index is 12.2. The van der Waals surface area contributed by atoms with Crippen LogP contribution in [-0.2, 0) is 22.3 Å². The number of hydrogen-bond donors (Lipinski definition) is 1. The van der Waals surface area contributed by atoms with Gasteiger partial charge in [0.2, 0.25) is 0 Å². The van der Waals surface area contributed by atoms with Crippen molar-refractivity contribution in [1.82, 2.24) is 0 Å². The Bertz CT molecular complexity index is 709. The highest BCUT2D eigenvalue weighted by Gasteiger charge is 2.27. The number of benzene rings is 1. The van der Waals surface area contributed by atoms with Crippen LogP contribution in [0.15, 0.2) is 30.3 Å². The molecule has 1 aromatic heterocycles. The van der Waals surface area contributed by atoms with Crippen LogP contribution in [0.1, 0.15) is 45.0 Å². The fourth-order valence-electron chi connectivity index (χ4n) is 2.43. The van der Waals surface area contributed by atoms with Gasteiger partial charge < -0.3 is 15.2 Å². The molecule has 0 aliphatic carbocycles. The molecule has 0 aliphatic heterocycles. The number of carbonyl (C=O) groups is 2. The standard InChI is InChI=1S/C18H21NO4S/c1-3-22-17(20)14-13(11-10-12-8-6-5-7-9-12)15(24-16(14)19)18(21)23-4-2/h5-9H,3-4,10-11,19H2,1-2H3. The Kier molecular flexibility index (Phi) is 6.37. The monoisotopic (exact) mass is 347 g/mol.